The van der Waals surface area contributed by atoms with Crippen LogP contribution in [0.5, 0.6) is 0 Å². The Morgan fingerprint density at radius 2 is 1.15 bits per heavy atom. The molecule has 0 fully saturated rings. The summed E-state index contributed by atoms with van der Waals surface area (Å²) < 4.78 is 0. The van der Waals surface area contributed by atoms with Gasteiger partial charge < -0.3 is 48.5 Å². The maximum absolute atomic E-state index is 12.6. The van der Waals surface area contributed by atoms with Gasteiger partial charge in [-0.2, -0.15) is 0 Å². The van der Waals surface area contributed by atoms with Gasteiger partial charge >= 0.3 is 17.9 Å². The monoisotopic (exact) mass is 490 g/mol. The number of aliphatic carboxylic acids is 3. The van der Waals surface area contributed by atoms with Crippen LogP contribution in [0.1, 0.15) is 38.5 Å². The lowest BCUT2D eigenvalue weighted by Crippen LogP contribution is -2.58. The van der Waals surface area contributed by atoms with E-state index in [-0.39, 0.29) is 6.42 Å². The van der Waals surface area contributed by atoms with E-state index in [1.807, 2.05) is 10.6 Å². The topological polar surface area (TPSA) is 294 Å². The fraction of sp³-hybridized carbons (Fsp3) is 0.611. The minimum Gasteiger partial charge on any atom is -0.481 e. The van der Waals surface area contributed by atoms with Gasteiger partial charge in [-0.15, -0.1) is 0 Å². The Kier molecular flexibility index (Phi) is 13.4. The molecule has 0 aromatic carbocycles. The van der Waals surface area contributed by atoms with Crippen molar-refractivity contribution in [3.63, 3.8) is 0 Å². The number of unbranched alkanes of at least 4 members (excludes halogenated alkanes) is 1. The number of carbonyl (C=O) groups is 7. The van der Waals surface area contributed by atoms with Crippen LogP contribution in [0, 0.1) is 0 Å². The highest BCUT2D eigenvalue weighted by Crippen LogP contribution is 2.04. The second-order valence-electron chi connectivity index (χ2n) is 7.28. The van der Waals surface area contributed by atoms with E-state index in [1.165, 1.54) is 0 Å². The number of nitrogens with one attached hydrogen (secondary N) is 3. The largest absolute Gasteiger partial charge is 0.481 e. The zero-order chi connectivity index (χ0) is 26.4. The lowest BCUT2D eigenvalue weighted by molar-refractivity contribution is -0.144. The van der Waals surface area contributed by atoms with Crippen molar-refractivity contribution >= 4 is 41.5 Å². The third-order valence-corrected chi connectivity index (χ3v) is 4.34. The summed E-state index contributed by atoms with van der Waals surface area (Å²) >= 11 is 0. The summed E-state index contributed by atoms with van der Waals surface area (Å²) in [5, 5.41) is 33.2. The lowest BCUT2D eigenvalue weighted by Gasteiger charge is -2.24. The average Bonchev–Trinajstić information content (AvgIpc) is 2.70. The van der Waals surface area contributed by atoms with Crippen molar-refractivity contribution < 1.29 is 48.9 Å². The molecule has 0 radical (unpaired) electrons. The Morgan fingerprint density at radius 1 is 0.676 bits per heavy atom. The quantitative estimate of drug-likeness (QED) is 0.0877. The SMILES string of the molecule is NCCCCC(NC(=O)C(CC(=O)O)NC(=O)C(CC(N)=O)NC(=O)C(N)CC(=O)O)C(=O)O. The van der Waals surface area contributed by atoms with Crippen molar-refractivity contribution in [1.29, 1.82) is 0 Å². The van der Waals surface area contributed by atoms with Crippen LogP contribution in [0.25, 0.3) is 0 Å². The van der Waals surface area contributed by atoms with Crippen molar-refractivity contribution in [3.05, 3.63) is 0 Å². The van der Waals surface area contributed by atoms with Crippen LogP contribution in [0.3, 0.4) is 0 Å². The number of rotatable bonds is 17. The van der Waals surface area contributed by atoms with E-state index in [0.717, 1.165) is 0 Å². The van der Waals surface area contributed by atoms with Crippen LogP contribution >= 0.6 is 0 Å². The Hall–Kier alpha value is -3.79. The van der Waals surface area contributed by atoms with Crippen molar-refractivity contribution in [1.82, 2.24) is 16.0 Å². The molecule has 0 heterocycles. The molecule has 192 valence electrons. The summed E-state index contributed by atoms with van der Waals surface area (Å²) in [4.78, 5) is 81.7. The predicted octanol–water partition coefficient (Wildman–Crippen LogP) is -4.19. The van der Waals surface area contributed by atoms with Gasteiger partial charge in [-0.3, -0.25) is 28.8 Å². The molecule has 0 aliphatic carbocycles. The molecular formula is C18H30N6O10. The Bertz CT molecular complexity index is 789. The molecule has 0 bridgehead atoms. The van der Waals surface area contributed by atoms with Gasteiger partial charge in [-0.1, -0.05) is 0 Å². The van der Waals surface area contributed by atoms with E-state index in [2.05, 4.69) is 5.32 Å². The Balaban J connectivity index is 5.50. The third kappa shape index (κ3) is 12.3. The van der Waals surface area contributed by atoms with E-state index in [9.17, 15) is 38.7 Å². The van der Waals surface area contributed by atoms with Crippen LogP contribution in [0.2, 0.25) is 0 Å². The number of primary amides is 1. The van der Waals surface area contributed by atoms with Crippen molar-refractivity contribution in [2.45, 2.75) is 62.7 Å². The fourth-order valence-corrected chi connectivity index (χ4v) is 2.65. The van der Waals surface area contributed by atoms with Gasteiger partial charge in [-0.05, 0) is 25.8 Å². The van der Waals surface area contributed by atoms with Crippen LogP contribution in [0.4, 0.5) is 0 Å². The molecule has 16 nitrogen and oxygen atoms in total. The number of carbonyl (C=O) groups excluding carboxylic acids is 4. The van der Waals surface area contributed by atoms with Crippen LogP contribution in [0.15, 0.2) is 0 Å². The molecule has 4 atom stereocenters. The van der Waals surface area contributed by atoms with Gasteiger partial charge in [-0.25, -0.2) is 4.79 Å². The molecule has 4 unspecified atom stereocenters. The van der Waals surface area contributed by atoms with Crippen LogP contribution in [-0.2, 0) is 33.6 Å². The van der Waals surface area contributed by atoms with Gasteiger partial charge in [0, 0.05) is 0 Å². The molecular weight excluding hydrogens is 460 g/mol. The minimum atomic E-state index is -1.78. The van der Waals surface area contributed by atoms with E-state index in [4.69, 9.17) is 27.4 Å². The Morgan fingerprint density at radius 3 is 1.59 bits per heavy atom. The first-order valence-corrected chi connectivity index (χ1v) is 10.1. The highest BCUT2D eigenvalue weighted by Gasteiger charge is 2.32. The maximum atomic E-state index is 12.6. The second kappa shape index (κ2) is 15.1. The molecule has 0 spiro atoms. The molecule has 4 amide bonds. The van der Waals surface area contributed by atoms with Crippen LogP contribution < -0.4 is 33.2 Å². The highest BCUT2D eigenvalue weighted by atomic mass is 16.4. The first kappa shape index (κ1) is 30.2. The number of carboxylic acid groups (broad SMARTS) is 3. The van der Waals surface area contributed by atoms with Gasteiger partial charge in [0.25, 0.3) is 0 Å². The summed E-state index contributed by atoms with van der Waals surface area (Å²) in [6, 6.07) is -6.46. The summed E-state index contributed by atoms with van der Waals surface area (Å²) in [6.07, 6.45) is -1.70. The number of hydrogen-bond acceptors (Lipinski definition) is 9. The predicted molar refractivity (Wildman–Crippen MR) is 113 cm³/mol. The number of carboxylic acids is 3. The second-order valence-corrected chi connectivity index (χ2v) is 7.28. The number of nitrogens with two attached hydrogens (primary N) is 3. The molecule has 0 rings (SSSR count). The third-order valence-electron chi connectivity index (χ3n) is 4.34. The van der Waals surface area contributed by atoms with Crippen LogP contribution in [-0.4, -0.2) is 87.6 Å². The van der Waals surface area contributed by atoms with E-state index in [0.29, 0.717) is 19.4 Å². The highest BCUT2D eigenvalue weighted by molar-refractivity contribution is 5.97. The normalized spacial score (nSPS) is 14.1. The number of amides is 4. The molecule has 0 aromatic rings. The fourth-order valence-electron chi connectivity index (χ4n) is 2.65. The smallest absolute Gasteiger partial charge is 0.326 e. The van der Waals surface area contributed by atoms with Crippen molar-refractivity contribution in [3.8, 4) is 0 Å². The first-order valence-electron chi connectivity index (χ1n) is 10.1. The first-order chi connectivity index (χ1) is 15.8. The summed E-state index contributed by atoms with van der Waals surface area (Å²) in [7, 11) is 0. The molecule has 0 aliphatic heterocycles. The molecule has 34 heavy (non-hydrogen) atoms. The summed E-state index contributed by atoms with van der Waals surface area (Å²) in [5.41, 5.74) is 15.8. The zero-order valence-corrected chi connectivity index (χ0v) is 18.2. The average molecular weight is 490 g/mol. The van der Waals surface area contributed by atoms with Gasteiger partial charge in [0.2, 0.25) is 23.6 Å². The maximum Gasteiger partial charge on any atom is 0.326 e. The van der Waals surface area contributed by atoms with E-state index >= 15 is 0 Å². The molecule has 0 saturated heterocycles. The van der Waals surface area contributed by atoms with E-state index < -0.39 is 85.0 Å². The lowest BCUT2D eigenvalue weighted by atomic mass is 10.1. The van der Waals surface area contributed by atoms with Gasteiger partial charge in [0.1, 0.15) is 18.1 Å². The van der Waals surface area contributed by atoms with Crippen molar-refractivity contribution in [2.75, 3.05) is 6.54 Å². The van der Waals surface area contributed by atoms with Crippen molar-refractivity contribution in [2.24, 2.45) is 17.2 Å². The Labute approximate surface area is 193 Å². The summed E-state index contributed by atoms with van der Waals surface area (Å²) in [5.74, 6) is -8.83. The molecule has 0 saturated carbocycles. The van der Waals surface area contributed by atoms with Gasteiger partial charge in [0.05, 0.1) is 25.3 Å². The zero-order valence-electron chi connectivity index (χ0n) is 18.2. The van der Waals surface area contributed by atoms with E-state index in [1.54, 1.807) is 0 Å². The molecule has 12 N–H and O–H groups in total. The summed E-state index contributed by atoms with van der Waals surface area (Å²) in [6.45, 7) is 0.293. The molecule has 16 heteroatoms. The molecule has 0 aliphatic rings. The number of hydrogen-bond donors (Lipinski definition) is 9. The standard InChI is InChI=1S/C18H30N6O10/c19-4-2-1-3-9(18(33)34)22-17(32)11(7-14(28)29)24-16(31)10(6-12(21)25)23-15(30)8(20)5-13(26)27/h8-11H,1-7,19-20H2,(H2,21,25)(H,22,32)(H,23,30)(H,24,31)(H,26,27)(H,28,29)(H,33,34). The molecule has 0 aromatic heterocycles. The minimum absolute atomic E-state index is 0.00612. The van der Waals surface area contributed by atoms with Gasteiger partial charge in [0.15, 0.2) is 0 Å².